The van der Waals surface area contributed by atoms with Crippen LogP contribution in [-0.4, -0.2) is 47.6 Å². The van der Waals surface area contributed by atoms with E-state index in [2.05, 4.69) is 24.1 Å². The summed E-state index contributed by atoms with van der Waals surface area (Å²) in [6, 6.07) is 0.362. The maximum Gasteiger partial charge on any atom is 0.307 e. The number of carbonyl (C=O) groups is 2. The SMILES string of the molecule is CC(C)C(CNC(=O)C1CCCC1C(=O)O)N1CCCC1. The Labute approximate surface area is 127 Å². The first kappa shape index (κ1) is 16.3. The predicted octanol–water partition coefficient (Wildman–Crippen LogP) is 1.72. The average molecular weight is 296 g/mol. The summed E-state index contributed by atoms with van der Waals surface area (Å²) in [5, 5.41) is 12.2. The van der Waals surface area contributed by atoms with Crippen LogP contribution in [0.15, 0.2) is 0 Å². The molecule has 0 aromatic rings. The van der Waals surface area contributed by atoms with Gasteiger partial charge in [-0.05, 0) is 44.7 Å². The van der Waals surface area contributed by atoms with Gasteiger partial charge in [0.25, 0.3) is 0 Å². The minimum Gasteiger partial charge on any atom is -0.481 e. The molecule has 1 aliphatic carbocycles. The summed E-state index contributed by atoms with van der Waals surface area (Å²) in [6.45, 7) is 7.23. The number of aliphatic carboxylic acids is 1. The van der Waals surface area contributed by atoms with Gasteiger partial charge in [-0.1, -0.05) is 20.3 Å². The highest BCUT2D eigenvalue weighted by molar-refractivity contribution is 5.85. The number of likely N-dealkylation sites (tertiary alicyclic amines) is 1. The van der Waals surface area contributed by atoms with Crippen molar-refractivity contribution in [2.75, 3.05) is 19.6 Å². The fourth-order valence-corrected chi connectivity index (χ4v) is 3.77. The third-order valence-electron chi connectivity index (χ3n) is 5.03. The second kappa shape index (κ2) is 7.25. The van der Waals surface area contributed by atoms with Crippen molar-refractivity contribution in [1.29, 1.82) is 0 Å². The highest BCUT2D eigenvalue weighted by Crippen LogP contribution is 2.32. The minimum absolute atomic E-state index is 0.0650. The van der Waals surface area contributed by atoms with Crippen molar-refractivity contribution in [1.82, 2.24) is 10.2 Å². The Hall–Kier alpha value is -1.10. The molecule has 2 rings (SSSR count). The number of carboxylic acids is 1. The lowest BCUT2D eigenvalue weighted by molar-refractivity contribution is -0.146. The zero-order valence-corrected chi connectivity index (χ0v) is 13.2. The number of rotatable bonds is 6. The number of hydrogen-bond donors (Lipinski definition) is 2. The van der Waals surface area contributed by atoms with Crippen LogP contribution in [0.2, 0.25) is 0 Å². The topological polar surface area (TPSA) is 69.6 Å². The van der Waals surface area contributed by atoms with Gasteiger partial charge >= 0.3 is 5.97 Å². The zero-order chi connectivity index (χ0) is 15.4. The third kappa shape index (κ3) is 3.96. The monoisotopic (exact) mass is 296 g/mol. The maximum atomic E-state index is 12.3. The molecule has 0 radical (unpaired) electrons. The summed E-state index contributed by atoms with van der Waals surface area (Å²) < 4.78 is 0. The quantitative estimate of drug-likeness (QED) is 0.783. The van der Waals surface area contributed by atoms with Crippen molar-refractivity contribution in [3.63, 3.8) is 0 Å². The van der Waals surface area contributed by atoms with Gasteiger partial charge in [0.2, 0.25) is 5.91 Å². The van der Waals surface area contributed by atoms with Crippen molar-refractivity contribution >= 4 is 11.9 Å². The Balaban J connectivity index is 1.88. The molecule has 0 spiro atoms. The van der Waals surface area contributed by atoms with E-state index < -0.39 is 11.9 Å². The lowest BCUT2D eigenvalue weighted by Crippen LogP contribution is -2.47. The summed E-state index contributed by atoms with van der Waals surface area (Å²) in [5.41, 5.74) is 0. The van der Waals surface area contributed by atoms with E-state index in [4.69, 9.17) is 0 Å². The van der Waals surface area contributed by atoms with E-state index in [-0.39, 0.29) is 11.8 Å². The van der Waals surface area contributed by atoms with Crippen LogP contribution in [0.3, 0.4) is 0 Å². The van der Waals surface area contributed by atoms with Crippen LogP contribution in [-0.2, 0) is 9.59 Å². The standard InChI is InChI=1S/C16H28N2O3/c1-11(2)14(18-8-3-4-9-18)10-17-15(19)12-6-5-7-13(12)16(20)21/h11-14H,3-10H2,1-2H3,(H,17,19)(H,20,21). The highest BCUT2D eigenvalue weighted by Gasteiger charge is 2.38. The van der Waals surface area contributed by atoms with Crippen molar-refractivity contribution < 1.29 is 14.7 Å². The highest BCUT2D eigenvalue weighted by atomic mass is 16.4. The van der Waals surface area contributed by atoms with Crippen LogP contribution >= 0.6 is 0 Å². The first-order valence-corrected chi connectivity index (χ1v) is 8.25. The molecule has 21 heavy (non-hydrogen) atoms. The second-order valence-electron chi connectivity index (χ2n) is 6.78. The Morgan fingerprint density at radius 1 is 1.14 bits per heavy atom. The van der Waals surface area contributed by atoms with Crippen LogP contribution in [0.5, 0.6) is 0 Å². The molecule has 1 saturated heterocycles. The first-order chi connectivity index (χ1) is 10.0. The van der Waals surface area contributed by atoms with Gasteiger partial charge < -0.3 is 10.4 Å². The molecule has 2 aliphatic rings. The molecule has 120 valence electrons. The summed E-state index contributed by atoms with van der Waals surface area (Å²) in [6.07, 6.45) is 4.66. The van der Waals surface area contributed by atoms with Crippen molar-refractivity contribution in [3.8, 4) is 0 Å². The van der Waals surface area contributed by atoms with Gasteiger partial charge in [0.1, 0.15) is 0 Å². The lowest BCUT2D eigenvalue weighted by Gasteiger charge is -2.31. The molecular weight excluding hydrogens is 268 g/mol. The number of hydrogen-bond acceptors (Lipinski definition) is 3. The Bertz CT molecular complexity index is 378. The smallest absolute Gasteiger partial charge is 0.307 e. The van der Waals surface area contributed by atoms with Crippen molar-refractivity contribution in [2.24, 2.45) is 17.8 Å². The minimum atomic E-state index is -0.826. The summed E-state index contributed by atoms with van der Waals surface area (Å²) in [4.78, 5) is 25.9. The number of nitrogens with one attached hydrogen (secondary N) is 1. The van der Waals surface area contributed by atoms with Gasteiger partial charge in [-0.3, -0.25) is 14.5 Å². The molecule has 3 unspecified atom stereocenters. The fourth-order valence-electron chi connectivity index (χ4n) is 3.77. The number of carbonyl (C=O) groups excluding carboxylic acids is 1. The largest absolute Gasteiger partial charge is 0.481 e. The number of amides is 1. The zero-order valence-electron chi connectivity index (χ0n) is 13.2. The summed E-state index contributed by atoms with van der Waals surface area (Å²) in [7, 11) is 0. The van der Waals surface area contributed by atoms with Crippen LogP contribution in [0, 0.1) is 17.8 Å². The summed E-state index contributed by atoms with van der Waals surface area (Å²) in [5.74, 6) is -1.23. The molecule has 0 aromatic heterocycles. The van der Waals surface area contributed by atoms with E-state index in [1.165, 1.54) is 12.8 Å². The van der Waals surface area contributed by atoms with Crippen LogP contribution in [0.25, 0.3) is 0 Å². The van der Waals surface area contributed by atoms with Gasteiger partial charge in [-0.25, -0.2) is 0 Å². The van der Waals surface area contributed by atoms with Gasteiger partial charge in [-0.15, -0.1) is 0 Å². The van der Waals surface area contributed by atoms with E-state index in [0.29, 0.717) is 31.3 Å². The third-order valence-corrected chi connectivity index (χ3v) is 5.03. The van der Waals surface area contributed by atoms with E-state index >= 15 is 0 Å². The van der Waals surface area contributed by atoms with Crippen molar-refractivity contribution in [2.45, 2.75) is 52.0 Å². The first-order valence-electron chi connectivity index (χ1n) is 8.25. The molecule has 5 heteroatoms. The van der Waals surface area contributed by atoms with E-state index in [9.17, 15) is 14.7 Å². The molecule has 0 aromatic carbocycles. The predicted molar refractivity (Wildman–Crippen MR) is 80.9 cm³/mol. The molecular formula is C16H28N2O3. The Morgan fingerprint density at radius 2 is 1.76 bits per heavy atom. The molecule has 2 N–H and O–H groups in total. The van der Waals surface area contributed by atoms with Gasteiger partial charge in [0.15, 0.2) is 0 Å². The van der Waals surface area contributed by atoms with Crippen LogP contribution < -0.4 is 5.32 Å². The molecule has 1 saturated carbocycles. The molecule has 1 amide bonds. The molecule has 3 atom stereocenters. The fraction of sp³-hybridized carbons (Fsp3) is 0.875. The number of carboxylic acid groups (broad SMARTS) is 1. The second-order valence-corrected chi connectivity index (χ2v) is 6.78. The Morgan fingerprint density at radius 3 is 2.33 bits per heavy atom. The lowest BCUT2D eigenvalue weighted by atomic mass is 9.95. The van der Waals surface area contributed by atoms with Gasteiger partial charge in [-0.2, -0.15) is 0 Å². The number of nitrogens with zero attached hydrogens (tertiary/aromatic N) is 1. The molecule has 0 bridgehead atoms. The van der Waals surface area contributed by atoms with Crippen molar-refractivity contribution in [3.05, 3.63) is 0 Å². The summed E-state index contributed by atoms with van der Waals surface area (Å²) >= 11 is 0. The Kier molecular flexibility index (Phi) is 5.62. The van der Waals surface area contributed by atoms with Crippen LogP contribution in [0.1, 0.15) is 46.0 Å². The van der Waals surface area contributed by atoms with Crippen LogP contribution in [0.4, 0.5) is 0 Å². The molecule has 1 aliphatic heterocycles. The molecule has 1 heterocycles. The molecule has 5 nitrogen and oxygen atoms in total. The van der Waals surface area contributed by atoms with E-state index in [0.717, 1.165) is 19.5 Å². The van der Waals surface area contributed by atoms with Gasteiger partial charge in [0, 0.05) is 12.6 Å². The normalized spacial score (nSPS) is 28.0. The van der Waals surface area contributed by atoms with Gasteiger partial charge in [0.05, 0.1) is 11.8 Å². The van der Waals surface area contributed by atoms with E-state index in [1.54, 1.807) is 0 Å². The maximum absolute atomic E-state index is 12.3. The average Bonchev–Trinajstić information content (AvgIpc) is 3.09. The van der Waals surface area contributed by atoms with E-state index in [1.807, 2.05) is 0 Å². The molecule has 2 fully saturated rings.